The van der Waals surface area contributed by atoms with Crippen molar-refractivity contribution in [2.75, 3.05) is 7.11 Å². The van der Waals surface area contributed by atoms with Gasteiger partial charge in [0.1, 0.15) is 0 Å². The highest BCUT2D eigenvalue weighted by atomic mass is 19.1. The zero-order valence-corrected chi connectivity index (χ0v) is 10.8. The van der Waals surface area contributed by atoms with Gasteiger partial charge in [-0.25, -0.2) is 4.39 Å². The number of hydrogen-bond acceptors (Lipinski definition) is 3. The third-order valence-corrected chi connectivity index (χ3v) is 3.86. The van der Waals surface area contributed by atoms with Crippen LogP contribution in [0.4, 0.5) is 4.39 Å². The molecule has 1 aliphatic carbocycles. The van der Waals surface area contributed by atoms with Crippen molar-refractivity contribution < 1.29 is 13.9 Å². The van der Waals surface area contributed by atoms with Crippen LogP contribution < -0.4 is 10.5 Å². The second-order valence-corrected chi connectivity index (χ2v) is 5.24. The van der Waals surface area contributed by atoms with Crippen molar-refractivity contribution in [1.29, 1.82) is 0 Å². The molecule has 0 bridgehead atoms. The summed E-state index contributed by atoms with van der Waals surface area (Å²) in [5.41, 5.74) is 6.82. The average Bonchev–Trinajstić information content (AvgIpc) is 3.15. The van der Waals surface area contributed by atoms with E-state index in [0.717, 1.165) is 18.4 Å². The van der Waals surface area contributed by atoms with Crippen LogP contribution in [-0.4, -0.2) is 30.0 Å². The first-order chi connectivity index (χ1) is 9.11. The Kier molecular flexibility index (Phi) is 2.93. The number of nitrogens with zero attached hydrogens (tertiary/aromatic N) is 1. The van der Waals surface area contributed by atoms with Crippen LogP contribution in [0.3, 0.4) is 0 Å². The molecule has 1 aromatic rings. The lowest BCUT2D eigenvalue weighted by Crippen LogP contribution is -2.34. The zero-order valence-electron chi connectivity index (χ0n) is 10.8. The van der Waals surface area contributed by atoms with Crippen molar-refractivity contribution in [3.8, 4) is 5.75 Å². The van der Waals surface area contributed by atoms with Gasteiger partial charge in [0.15, 0.2) is 11.6 Å². The summed E-state index contributed by atoms with van der Waals surface area (Å²) >= 11 is 0. The third kappa shape index (κ3) is 2.08. The minimum atomic E-state index is -0.415. The van der Waals surface area contributed by atoms with Crippen LogP contribution in [0.15, 0.2) is 18.2 Å². The molecule has 0 radical (unpaired) electrons. The maximum atomic E-state index is 13.8. The lowest BCUT2D eigenvalue weighted by atomic mass is 10.0. The molecule has 1 saturated heterocycles. The molecule has 1 aromatic carbocycles. The van der Waals surface area contributed by atoms with Gasteiger partial charge in [-0.3, -0.25) is 4.79 Å². The van der Waals surface area contributed by atoms with Gasteiger partial charge in [-0.2, -0.15) is 0 Å². The maximum Gasteiger partial charge on any atom is 0.225 e. The number of amides is 1. The third-order valence-electron chi connectivity index (χ3n) is 3.86. The first kappa shape index (κ1) is 12.4. The van der Waals surface area contributed by atoms with Crippen LogP contribution in [-0.2, 0) is 4.79 Å². The summed E-state index contributed by atoms with van der Waals surface area (Å²) in [5.74, 6) is -0.127. The van der Waals surface area contributed by atoms with E-state index in [1.54, 1.807) is 12.1 Å². The number of benzene rings is 1. The fourth-order valence-corrected chi connectivity index (χ4v) is 2.84. The van der Waals surface area contributed by atoms with Crippen molar-refractivity contribution in [1.82, 2.24) is 4.90 Å². The summed E-state index contributed by atoms with van der Waals surface area (Å²) in [6.45, 7) is 0. The van der Waals surface area contributed by atoms with Crippen LogP contribution in [0.5, 0.6) is 5.75 Å². The largest absolute Gasteiger partial charge is 0.494 e. The highest BCUT2D eigenvalue weighted by Gasteiger charge is 2.45. The minimum Gasteiger partial charge on any atom is -0.494 e. The van der Waals surface area contributed by atoms with E-state index in [-0.39, 0.29) is 29.8 Å². The quantitative estimate of drug-likeness (QED) is 0.902. The summed E-state index contributed by atoms with van der Waals surface area (Å²) in [7, 11) is 1.43. The summed E-state index contributed by atoms with van der Waals surface area (Å²) < 4.78 is 18.7. The lowest BCUT2D eigenvalue weighted by Gasteiger charge is -2.27. The van der Waals surface area contributed by atoms with Crippen LogP contribution in [0, 0.1) is 5.82 Å². The fourth-order valence-electron chi connectivity index (χ4n) is 2.84. The Labute approximate surface area is 111 Å². The van der Waals surface area contributed by atoms with Crippen LogP contribution in [0.25, 0.3) is 0 Å². The Morgan fingerprint density at radius 2 is 2.16 bits per heavy atom. The second kappa shape index (κ2) is 4.49. The van der Waals surface area contributed by atoms with Gasteiger partial charge < -0.3 is 15.4 Å². The molecule has 2 atom stereocenters. The van der Waals surface area contributed by atoms with Gasteiger partial charge in [-0.05, 0) is 30.5 Å². The molecule has 1 amide bonds. The van der Waals surface area contributed by atoms with Crippen molar-refractivity contribution in [2.24, 2.45) is 5.73 Å². The Morgan fingerprint density at radius 1 is 1.42 bits per heavy atom. The zero-order chi connectivity index (χ0) is 13.6. The number of halogens is 1. The summed E-state index contributed by atoms with van der Waals surface area (Å²) in [4.78, 5) is 13.8. The van der Waals surface area contributed by atoms with Crippen molar-refractivity contribution in [2.45, 2.75) is 37.4 Å². The number of nitrogens with two attached hydrogens (primary N) is 1. The van der Waals surface area contributed by atoms with Crippen molar-refractivity contribution in [3.63, 3.8) is 0 Å². The highest BCUT2D eigenvalue weighted by molar-refractivity contribution is 5.81. The van der Waals surface area contributed by atoms with E-state index >= 15 is 0 Å². The first-order valence-electron chi connectivity index (χ1n) is 6.52. The molecule has 102 valence electrons. The van der Waals surface area contributed by atoms with Gasteiger partial charge >= 0.3 is 0 Å². The van der Waals surface area contributed by atoms with E-state index in [4.69, 9.17) is 10.5 Å². The molecule has 0 spiro atoms. The van der Waals surface area contributed by atoms with E-state index in [2.05, 4.69) is 0 Å². The number of carbonyl (C=O) groups is 1. The van der Waals surface area contributed by atoms with E-state index in [0.29, 0.717) is 6.42 Å². The smallest absolute Gasteiger partial charge is 0.225 e. The predicted molar refractivity (Wildman–Crippen MR) is 68.2 cm³/mol. The van der Waals surface area contributed by atoms with Gasteiger partial charge in [-0.15, -0.1) is 0 Å². The van der Waals surface area contributed by atoms with E-state index in [1.807, 2.05) is 4.90 Å². The van der Waals surface area contributed by atoms with E-state index < -0.39 is 5.82 Å². The second-order valence-electron chi connectivity index (χ2n) is 5.24. The van der Waals surface area contributed by atoms with Crippen LogP contribution >= 0.6 is 0 Å². The SMILES string of the molecule is COc1ccc(C2C(N)CC(=O)N2C2CC2)cc1F. The predicted octanol–water partition coefficient (Wildman–Crippen LogP) is 1.60. The van der Waals surface area contributed by atoms with Gasteiger partial charge in [0.05, 0.1) is 13.2 Å². The molecule has 1 heterocycles. The van der Waals surface area contributed by atoms with Gasteiger partial charge in [0.2, 0.25) is 5.91 Å². The van der Waals surface area contributed by atoms with Crippen molar-refractivity contribution in [3.05, 3.63) is 29.6 Å². The molecule has 3 rings (SSSR count). The molecular formula is C14H17FN2O2. The van der Waals surface area contributed by atoms with Gasteiger partial charge in [0.25, 0.3) is 0 Å². The average molecular weight is 264 g/mol. The van der Waals surface area contributed by atoms with Gasteiger partial charge in [-0.1, -0.05) is 6.07 Å². The van der Waals surface area contributed by atoms with Crippen LogP contribution in [0.2, 0.25) is 0 Å². The topological polar surface area (TPSA) is 55.6 Å². The number of methoxy groups -OCH3 is 1. The van der Waals surface area contributed by atoms with E-state index in [1.165, 1.54) is 13.2 Å². The highest BCUT2D eigenvalue weighted by Crippen LogP contribution is 2.41. The van der Waals surface area contributed by atoms with Gasteiger partial charge in [0, 0.05) is 18.5 Å². The number of hydrogen-bond donors (Lipinski definition) is 1. The minimum absolute atomic E-state index is 0.0798. The fraction of sp³-hybridized carbons (Fsp3) is 0.500. The molecule has 4 nitrogen and oxygen atoms in total. The molecular weight excluding hydrogens is 247 g/mol. The molecule has 1 aliphatic heterocycles. The summed E-state index contributed by atoms with van der Waals surface area (Å²) in [5, 5.41) is 0. The summed E-state index contributed by atoms with van der Waals surface area (Å²) in [6, 6.07) is 4.63. The normalized spacial score (nSPS) is 26.9. The summed E-state index contributed by atoms with van der Waals surface area (Å²) in [6.07, 6.45) is 2.38. The molecule has 2 unspecified atom stereocenters. The Bertz CT molecular complexity index is 516. The molecule has 1 saturated carbocycles. The first-order valence-corrected chi connectivity index (χ1v) is 6.52. The number of ether oxygens (including phenoxy) is 1. The van der Waals surface area contributed by atoms with E-state index in [9.17, 15) is 9.18 Å². The molecule has 2 aliphatic rings. The standard InChI is InChI=1S/C14H17FN2O2/c1-19-12-5-2-8(6-10(12)15)14-11(16)7-13(18)17(14)9-3-4-9/h2,5-6,9,11,14H,3-4,7,16H2,1H3. The monoisotopic (exact) mass is 264 g/mol. The van der Waals surface area contributed by atoms with Crippen LogP contribution in [0.1, 0.15) is 30.9 Å². The molecule has 19 heavy (non-hydrogen) atoms. The lowest BCUT2D eigenvalue weighted by molar-refractivity contribution is -0.129. The molecule has 2 N–H and O–H groups in total. The Hall–Kier alpha value is -1.62. The number of carbonyl (C=O) groups excluding carboxylic acids is 1. The molecule has 0 aromatic heterocycles. The molecule has 5 heteroatoms. The Morgan fingerprint density at radius 3 is 2.74 bits per heavy atom. The number of rotatable bonds is 3. The van der Waals surface area contributed by atoms with Crippen molar-refractivity contribution >= 4 is 5.91 Å². The molecule has 2 fully saturated rings. The number of likely N-dealkylation sites (tertiary alicyclic amines) is 1. The maximum absolute atomic E-state index is 13.8. The Balaban J connectivity index is 1.95.